The molecule has 0 saturated heterocycles. The first-order valence-corrected chi connectivity index (χ1v) is 7.08. The van der Waals surface area contributed by atoms with Gasteiger partial charge in [-0.1, -0.05) is 19.9 Å². The van der Waals surface area contributed by atoms with E-state index in [1.165, 1.54) is 0 Å². The molecule has 0 spiro atoms. The van der Waals surface area contributed by atoms with Gasteiger partial charge in [-0.2, -0.15) is 0 Å². The summed E-state index contributed by atoms with van der Waals surface area (Å²) in [6.07, 6.45) is 0.921. The summed E-state index contributed by atoms with van der Waals surface area (Å²) >= 11 is 0. The van der Waals surface area contributed by atoms with Crippen LogP contribution in [0.2, 0.25) is 0 Å². The van der Waals surface area contributed by atoms with Crippen molar-refractivity contribution in [2.24, 2.45) is 5.92 Å². The molecule has 112 valence electrons. The van der Waals surface area contributed by atoms with Crippen molar-refractivity contribution >= 4 is 5.97 Å². The molecule has 0 aromatic heterocycles. The Morgan fingerprint density at radius 1 is 1.35 bits per heavy atom. The predicted molar refractivity (Wildman–Crippen MR) is 80.4 cm³/mol. The van der Waals surface area contributed by atoms with Gasteiger partial charge >= 0.3 is 5.97 Å². The quantitative estimate of drug-likeness (QED) is 0.743. The van der Waals surface area contributed by atoms with E-state index in [-0.39, 0.29) is 5.56 Å². The topological polar surface area (TPSA) is 49.8 Å². The van der Waals surface area contributed by atoms with E-state index in [1.807, 2.05) is 0 Å². The first-order chi connectivity index (χ1) is 9.41. The predicted octanol–water partition coefficient (Wildman–Crippen LogP) is 3.13. The Morgan fingerprint density at radius 3 is 2.65 bits per heavy atom. The molecule has 4 heteroatoms. The highest BCUT2D eigenvalue weighted by atomic mass is 16.5. The van der Waals surface area contributed by atoms with Crippen LogP contribution in [-0.2, 0) is 0 Å². The first kappa shape index (κ1) is 16.5. The number of nitrogens with zero attached hydrogens (tertiary/aromatic N) is 1. The fraction of sp³-hybridized carbons (Fsp3) is 0.562. The Labute approximate surface area is 121 Å². The zero-order valence-electron chi connectivity index (χ0n) is 12.8. The SMILES string of the molecule is CC(C)C(C)N(C)CCCOc1cccc(C(=O)O)c1. The van der Waals surface area contributed by atoms with Crippen LogP contribution in [-0.4, -0.2) is 42.2 Å². The fourth-order valence-corrected chi connectivity index (χ4v) is 1.94. The highest BCUT2D eigenvalue weighted by Gasteiger charge is 2.12. The van der Waals surface area contributed by atoms with Gasteiger partial charge in [0.2, 0.25) is 0 Å². The van der Waals surface area contributed by atoms with E-state index in [9.17, 15) is 4.79 Å². The van der Waals surface area contributed by atoms with Gasteiger partial charge in [-0.3, -0.25) is 0 Å². The summed E-state index contributed by atoms with van der Waals surface area (Å²) in [6, 6.07) is 7.15. The molecule has 0 aliphatic rings. The molecule has 0 saturated carbocycles. The zero-order chi connectivity index (χ0) is 15.1. The lowest BCUT2D eigenvalue weighted by molar-refractivity contribution is 0.0696. The van der Waals surface area contributed by atoms with Gasteiger partial charge in [0, 0.05) is 12.6 Å². The maximum Gasteiger partial charge on any atom is 0.335 e. The van der Waals surface area contributed by atoms with Gasteiger partial charge in [0.15, 0.2) is 0 Å². The summed E-state index contributed by atoms with van der Waals surface area (Å²) in [5.74, 6) is 0.318. The van der Waals surface area contributed by atoms with Gasteiger partial charge < -0.3 is 14.7 Å². The van der Waals surface area contributed by atoms with Crippen LogP contribution in [0.25, 0.3) is 0 Å². The van der Waals surface area contributed by atoms with Crippen LogP contribution in [0.4, 0.5) is 0 Å². The largest absolute Gasteiger partial charge is 0.494 e. The average Bonchev–Trinajstić information content (AvgIpc) is 2.42. The Kier molecular flexibility index (Phi) is 6.52. The Bertz CT molecular complexity index is 431. The molecule has 0 radical (unpaired) electrons. The number of aromatic carboxylic acids is 1. The minimum atomic E-state index is -0.930. The van der Waals surface area contributed by atoms with Crippen LogP contribution in [0.3, 0.4) is 0 Å². The minimum absolute atomic E-state index is 0.257. The highest BCUT2D eigenvalue weighted by molar-refractivity contribution is 5.87. The third-order valence-electron chi connectivity index (χ3n) is 3.66. The van der Waals surface area contributed by atoms with Crippen LogP contribution in [0.5, 0.6) is 5.75 Å². The smallest absolute Gasteiger partial charge is 0.335 e. The molecule has 1 aromatic rings. The monoisotopic (exact) mass is 279 g/mol. The van der Waals surface area contributed by atoms with Crippen molar-refractivity contribution in [3.63, 3.8) is 0 Å². The van der Waals surface area contributed by atoms with Gasteiger partial charge in [0.25, 0.3) is 0 Å². The molecule has 1 aromatic carbocycles. The van der Waals surface area contributed by atoms with E-state index in [0.717, 1.165) is 13.0 Å². The summed E-state index contributed by atoms with van der Waals surface area (Å²) in [7, 11) is 2.12. The average molecular weight is 279 g/mol. The van der Waals surface area contributed by atoms with E-state index in [1.54, 1.807) is 24.3 Å². The number of ether oxygens (including phenoxy) is 1. The second-order valence-electron chi connectivity index (χ2n) is 5.50. The van der Waals surface area contributed by atoms with Crippen LogP contribution >= 0.6 is 0 Å². The normalized spacial score (nSPS) is 12.7. The Morgan fingerprint density at radius 2 is 2.05 bits per heavy atom. The van der Waals surface area contributed by atoms with Gasteiger partial charge in [-0.15, -0.1) is 0 Å². The lowest BCUT2D eigenvalue weighted by Gasteiger charge is -2.27. The summed E-state index contributed by atoms with van der Waals surface area (Å²) in [6.45, 7) is 8.22. The second-order valence-corrected chi connectivity index (χ2v) is 5.50. The second kappa shape index (κ2) is 7.90. The molecule has 4 nitrogen and oxygen atoms in total. The van der Waals surface area contributed by atoms with Crippen LogP contribution in [0, 0.1) is 5.92 Å². The molecular formula is C16H25NO3. The van der Waals surface area contributed by atoms with E-state index in [0.29, 0.717) is 24.3 Å². The lowest BCUT2D eigenvalue weighted by Crippen LogP contribution is -2.34. The standard InChI is InChI=1S/C16H25NO3/c1-12(2)13(3)17(4)9-6-10-20-15-8-5-7-14(11-15)16(18)19/h5,7-8,11-13H,6,9-10H2,1-4H3,(H,18,19). The number of carboxylic acid groups (broad SMARTS) is 1. The number of carboxylic acids is 1. The van der Waals surface area contributed by atoms with Crippen molar-refractivity contribution in [2.45, 2.75) is 33.2 Å². The minimum Gasteiger partial charge on any atom is -0.494 e. The highest BCUT2D eigenvalue weighted by Crippen LogP contribution is 2.14. The van der Waals surface area contributed by atoms with Gasteiger partial charge in [0.05, 0.1) is 12.2 Å². The zero-order valence-corrected chi connectivity index (χ0v) is 12.8. The maximum absolute atomic E-state index is 10.8. The van der Waals surface area contributed by atoms with Crippen LogP contribution in [0.1, 0.15) is 37.6 Å². The Balaban J connectivity index is 2.34. The molecule has 0 aliphatic carbocycles. The molecule has 20 heavy (non-hydrogen) atoms. The summed E-state index contributed by atoms with van der Waals surface area (Å²) < 4.78 is 5.60. The maximum atomic E-state index is 10.8. The number of carbonyl (C=O) groups is 1. The lowest BCUT2D eigenvalue weighted by atomic mass is 10.1. The molecule has 0 aliphatic heterocycles. The summed E-state index contributed by atoms with van der Waals surface area (Å²) in [5, 5.41) is 8.90. The third kappa shape index (κ3) is 5.21. The van der Waals surface area contributed by atoms with Crippen LogP contribution < -0.4 is 4.74 Å². The van der Waals surface area contributed by atoms with Crippen molar-refractivity contribution in [3.05, 3.63) is 29.8 Å². The molecule has 0 fully saturated rings. The van der Waals surface area contributed by atoms with Crippen molar-refractivity contribution in [3.8, 4) is 5.75 Å². The van der Waals surface area contributed by atoms with E-state index in [4.69, 9.17) is 9.84 Å². The van der Waals surface area contributed by atoms with Crippen molar-refractivity contribution in [2.75, 3.05) is 20.2 Å². The van der Waals surface area contributed by atoms with Gasteiger partial charge in [-0.25, -0.2) is 4.79 Å². The number of hydrogen-bond acceptors (Lipinski definition) is 3. The molecular weight excluding hydrogens is 254 g/mol. The van der Waals surface area contributed by atoms with Crippen molar-refractivity contribution < 1.29 is 14.6 Å². The van der Waals surface area contributed by atoms with Gasteiger partial charge in [-0.05, 0) is 44.5 Å². The molecule has 0 heterocycles. The molecule has 1 unspecified atom stereocenters. The van der Waals surface area contributed by atoms with Crippen molar-refractivity contribution in [1.29, 1.82) is 0 Å². The third-order valence-corrected chi connectivity index (χ3v) is 3.66. The van der Waals surface area contributed by atoms with Crippen LogP contribution in [0.15, 0.2) is 24.3 Å². The Hall–Kier alpha value is -1.55. The number of benzene rings is 1. The van der Waals surface area contributed by atoms with Crippen molar-refractivity contribution in [1.82, 2.24) is 4.90 Å². The van der Waals surface area contributed by atoms with Gasteiger partial charge in [0.1, 0.15) is 5.75 Å². The molecule has 0 amide bonds. The first-order valence-electron chi connectivity index (χ1n) is 7.08. The van der Waals surface area contributed by atoms with E-state index < -0.39 is 5.97 Å². The number of rotatable bonds is 8. The molecule has 1 rings (SSSR count). The summed E-state index contributed by atoms with van der Waals surface area (Å²) in [5.41, 5.74) is 0.257. The van der Waals surface area contributed by atoms with E-state index >= 15 is 0 Å². The van der Waals surface area contributed by atoms with E-state index in [2.05, 4.69) is 32.7 Å². The molecule has 0 bridgehead atoms. The number of hydrogen-bond donors (Lipinski definition) is 1. The summed E-state index contributed by atoms with van der Waals surface area (Å²) in [4.78, 5) is 13.2. The molecule has 1 atom stereocenters. The fourth-order valence-electron chi connectivity index (χ4n) is 1.94. The molecule has 1 N–H and O–H groups in total.